The van der Waals surface area contributed by atoms with Crippen molar-refractivity contribution in [2.75, 3.05) is 5.73 Å². The standard InChI is InChI=1S/C7H5BrClNO2/c8-4-2-1-3(7(11)12)5(9)6(4)10/h1-2H,10H2,(H,11,12). The highest BCUT2D eigenvalue weighted by Crippen LogP contribution is 2.30. The van der Waals surface area contributed by atoms with Gasteiger partial charge in [0.1, 0.15) is 0 Å². The number of carbonyl (C=O) groups is 1. The van der Waals surface area contributed by atoms with Crippen LogP contribution in [0, 0.1) is 0 Å². The summed E-state index contributed by atoms with van der Waals surface area (Å²) in [7, 11) is 0. The van der Waals surface area contributed by atoms with Crippen LogP contribution >= 0.6 is 27.5 Å². The number of benzene rings is 1. The first-order valence-corrected chi connectivity index (χ1v) is 4.18. The normalized spacial score (nSPS) is 9.83. The molecule has 0 heterocycles. The molecule has 0 aliphatic heterocycles. The summed E-state index contributed by atoms with van der Waals surface area (Å²) in [5, 5.41) is 8.69. The highest BCUT2D eigenvalue weighted by Gasteiger charge is 2.12. The van der Waals surface area contributed by atoms with Gasteiger partial charge in [-0.1, -0.05) is 11.6 Å². The summed E-state index contributed by atoms with van der Waals surface area (Å²) < 4.78 is 0.595. The minimum Gasteiger partial charge on any atom is -0.478 e. The van der Waals surface area contributed by atoms with Crippen molar-refractivity contribution >= 4 is 39.2 Å². The molecule has 0 bridgehead atoms. The van der Waals surface area contributed by atoms with E-state index in [0.717, 1.165) is 0 Å². The summed E-state index contributed by atoms with van der Waals surface area (Å²) in [4.78, 5) is 10.5. The summed E-state index contributed by atoms with van der Waals surface area (Å²) in [5.74, 6) is -1.08. The number of aromatic carboxylic acids is 1. The van der Waals surface area contributed by atoms with Crippen molar-refractivity contribution in [2.24, 2.45) is 0 Å². The van der Waals surface area contributed by atoms with Crippen LogP contribution in [0.5, 0.6) is 0 Å². The van der Waals surface area contributed by atoms with Gasteiger partial charge in [0.05, 0.1) is 16.3 Å². The van der Waals surface area contributed by atoms with E-state index in [1.807, 2.05) is 0 Å². The van der Waals surface area contributed by atoms with Crippen molar-refractivity contribution in [3.05, 3.63) is 27.2 Å². The summed E-state index contributed by atoms with van der Waals surface area (Å²) in [6, 6.07) is 2.94. The molecular formula is C7H5BrClNO2. The van der Waals surface area contributed by atoms with E-state index in [9.17, 15) is 4.79 Å². The molecule has 12 heavy (non-hydrogen) atoms. The molecule has 0 aromatic heterocycles. The zero-order valence-corrected chi connectivity index (χ0v) is 8.19. The molecular weight excluding hydrogens is 245 g/mol. The van der Waals surface area contributed by atoms with Crippen LogP contribution in [0.3, 0.4) is 0 Å². The number of rotatable bonds is 1. The van der Waals surface area contributed by atoms with Crippen molar-refractivity contribution in [1.29, 1.82) is 0 Å². The minimum absolute atomic E-state index is 0.0115. The number of hydrogen-bond donors (Lipinski definition) is 2. The molecule has 0 radical (unpaired) electrons. The topological polar surface area (TPSA) is 63.3 Å². The largest absolute Gasteiger partial charge is 0.478 e. The third-order valence-corrected chi connectivity index (χ3v) is 2.46. The highest BCUT2D eigenvalue weighted by molar-refractivity contribution is 9.10. The first-order valence-electron chi connectivity index (χ1n) is 3.01. The van der Waals surface area contributed by atoms with Gasteiger partial charge in [0, 0.05) is 4.47 Å². The second kappa shape index (κ2) is 3.33. The van der Waals surface area contributed by atoms with Crippen molar-refractivity contribution in [3.63, 3.8) is 0 Å². The molecule has 0 spiro atoms. The monoisotopic (exact) mass is 249 g/mol. The molecule has 1 rings (SSSR count). The second-order valence-electron chi connectivity index (χ2n) is 2.13. The number of halogens is 2. The lowest BCUT2D eigenvalue weighted by Gasteiger charge is -2.03. The maximum Gasteiger partial charge on any atom is 0.337 e. The predicted molar refractivity (Wildman–Crippen MR) is 50.5 cm³/mol. The van der Waals surface area contributed by atoms with Gasteiger partial charge < -0.3 is 10.8 Å². The molecule has 0 fully saturated rings. The van der Waals surface area contributed by atoms with Gasteiger partial charge in [-0.25, -0.2) is 4.79 Å². The second-order valence-corrected chi connectivity index (χ2v) is 3.36. The molecule has 5 heteroatoms. The molecule has 0 amide bonds. The van der Waals surface area contributed by atoms with Crippen LogP contribution in [-0.2, 0) is 0 Å². The van der Waals surface area contributed by atoms with Crippen LogP contribution < -0.4 is 5.73 Å². The predicted octanol–water partition coefficient (Wildman–Crippen LogP) is 2.38. The van der Waals surface area contributed by atoms with E-state index in [4.69, 9.17) is 22.4 Å². The zero-order valence-electron chi connectivity index (χ0n) is 5.84. The Morgan fingerprint density at radius 2 is 2.17 bits per heavy atom. The van der Waals surface area contributed by atoms with Crippen LogP contribution in [0.25, 0.3) is 0 Å². The molecule has 3 nitrogen and oxygen atoms in total. The van der Waals surface area contributed by atoms with Crippen molar-refractivity contribution in [1.82, 2.24) is 0 Å². The lowest BCUT2D eigenvalue weighted by Crippen LogP contribution is -2.00. The Labute approximate surface area is 82.3 Å². The molecule has 0 saturated heterocycles. The molecule has 0 unspecified atom stereocenters. The van der Waals surface area contributed by atoms with Gasteiger partial charge in [-0.15, -0.1) is 0 Å². The fourth-order valence-corrected chi connectivity index (χ4v) is 1.42. The molecule has 0 aliphatic carbocycles. The maximum absolute atomic E-state index is 10.5. The third kappa shape index (κ3) is 1.54. The van der Waals surface area contributed by atoms with E-state index in [2.05, 4.69) is 15.9 Å². The van der Waals surface area contributed by atoms with E-state index >= 15 is 0 Å². The summed E-state index contributed by atoms with van der Waals surface area (Å²) in [6.45, 7) is 0. The fourth-order valence-electron chi connectivity index (χ4n) is 0.735. The molecule has 3 N–H and O–H groups in total. The van der Waals surface area contributed by atoms with Gasteiger partial charge in [0.25, 0.3) is 0 Å². The molecule has 0 atom stereocenters. The first-order chi connectivity index (χ1) is 5.54. The Bertz CT molecular complexity index is 340. The van der Waals surface area contributed by atoms with Gasteiger partial charge in [-0.2, -0.15) is 0 Å². The summed E-state index contributed by atoms with van der Waals surface area (Å²) in [5.41, 5.74) is 5.74. The summed E-state index contributed by atoms with van der Waals surface area (Å²) in [6.07, 6.45) is 0. The van der Waals surface area contributed by atoms with Crippen molar-refractivity contribution in [3.8, 4) is 0 Å². The van der Waals surface area contributed by atoms with Crippen LogP contribution in [0.4, 0.5) is 5.69 Å². The van der Waals surface area contributed by atoms with E-state index < -0.39 is 5.97 Å². The molecule has 64 valence electrons. The average Bonchev–Trinajstić information content (AvgIpc) is 2.00. The minimum atomic E-state index is -1.08. The molecule has 0 saturated carbocycles. The van der Waals surface area contributed by atoms with Gasteiger partial charge in [0.2, 0.25) is 0 Å². The Kier molecular flexibility index (Phi) is 2.59. The maximum atomic E-state index is 10.5. The lowest BCUT2D eigenvalue weighted by atomic mass is 10.2. The number of carboxylic acid groups (broad SMARTS) is 1. The third-order valence-electron chi connectivity index (χ3n) is 1.36. The number of nitrogens with two attached hydrogens (primary N) is 1. The van der Waals surface area contributed by atoms with Gasteiger partial charge >= 0.3 is 5.97 Å². The Hall–Kier alpha value is -0.740. The van der Waals surface area contributed by atoms with Crippen molar-refractivity contribution < 1.29 is 9.90 Å². The van der Waals surface area contributed by atoms with Crippen LogP contribution in [-0.4, -0.2) is 11.1 Å². The van der Waals surface area contributed by atoms with Gasteiger partial charge in [0.15, 0.2) is 0 Å². The lowest BCUT2D eigenvalue weighted by molar-refractivity contribution is 0.0697. The number of anilines is 1. The van der Waals surface area contributed by atoms with Gasteiger partial charge in [-0.05, 0) is 28.1 Å². The number of nitrogen functional groups attached to an aromatic ring is 1. The van der Waals surface area contributed by atoms with Crippen LogP contribution in [0.1, 0.15) is 10.4 Å². The van der Waals surface area contributed by atoms with E-state index in [1.165, 1.54) is 6.07 Å². The number of hydrogen-bond acceptors (Lipinski definition) is 2. The average molecular weight is 250 g/mol. The molecule has 1 aromatic carbocycles. The Balaban J connectivity index is 3.36. The fraction of sp³-hybridized carbons (Fsp3) is 0. The molecule has 1 aromatic rings. The Morgan fingerprint density at radius 3 is 2.67 bits per heavy atom. The zero-order chi connectivity index (χ0) is 9.30. The van der Waals surface area contributed by atoms with E-state index in [1.54, 1.807) is 6.07 Å². The first kappa shape index (κ1) is 9.35. The van der Waals surface area contributed by atoms with E-state index in [0.29, 0.717) is 4.47 Å². The van der Waals surface area contributed by atoms with Crippen LogP contribution in [0.15, 0.2) is 16.6 Å². The Morgan fingerprint density at radius 1 is 1.58 bits per heavy atom. The number of carboxylic acids is 1. The highest BCUT2D eigenvalue weighted by atomic mass is 79.9. The SMILES string of the molecule is Nc1c(Br)ccc(C(=O)O)c1Cl. The smallest absolute Gasteiger partial charge is 0.337 e. The molecule has 0 aliphatic rings. The van der Waals surface area contributed by atoms with Gasteiger partial charge in [-0.3, -0.25) is 0 Å². The van der Waals surface area contributed by atoms with Crippen LogP contribution in [0.2, 0.25) is 5.02 Å². The van der Waals surface area contributed by atoms with E-state index in [-0.39, 0.29) is 16.3 Å². The summed E-state index contributed by atoms with van der Waals surface area (Å²) >= 11 is 8.78. The van der Waals surface area contributed by atoms with Crippen molar-refractivity contribution in [2.45, 2.75) is 0 Å². The quantitative estimate of drug-likeness (QED) is 0.752.